The van der Waals surface area contributed by atoms with Crippen LogP contribution in [0.4, 0.5) is 10.1 Å². The first-order valence-electron chi connectivity index (χ1n) is 5.17. The van der Waals surface area contributed by atoms with Gasteiger partial charge in [-0.05, 0) is 17.7 Å². The molecule has 0 fully saturated rings. The van der Waals surface area contributed by atoms with E-state index in [2.05, 4.69) is 5.10 Å². The molecule has 8 heteroatoms. The molecule has 0 saturated carbocycles. The fourth-order valence-corrected chi connectivity index (χ4v) is 1.61. The van der Waals surface area contributed by atoms with Crippen LogP contribution in [0.15, 0.2) is 30.5 Å². The number of aromatic nitrogens is 2. The van der Waals surface area contributed by atoms with Crippen molar-refractivity contribution in [2.45, 2.75) is 6.54 Å². The molecule has 1 N–H and O–H groups in total. The van der Waals surface area contributed by atoms with Crippen molar-refractivity contribution in [1.82, 2.24) is 9.78 Å². The maximum atomic E-state index is 13.4. The molecule has 0 aliphatic carbocycles. The molecule has 1 aromatic carbocycles. The quantitative estimate of drug-likeness (QED) is 0.669. The summed E-state index contributed by atoms with van der Waals surface area (Å²) in [5, 5.41) is 23.1. The molecule has 0 spiro atoms. The number of nitrogens with zero attached hydrogens (tertiary/aromatic N) is 3. The topological polar surface area (TPSA) is 98.3 Å². The summed E-state index contributed by atoms with van der Waals surface area (Å²) >= 11 is 0. The van der Waals surface area contributed by atoms with Gasteiger partial charge in [0.25, 0.3) is 0 Å². The predicted molar refractivity (Wildman–Crippen MR) is 61.3 cm³/mol. The van der Waals surface area contributed by atoms with Gasteiger partial charge in [-0.15, -0.1) is 0 Å². The Bertz CT molecular complexity index is 653. The van der Waals surface area contributed by atoms with Gasteiger partial charge in [0.05, 0.1) is 11.5 Å². The summed E-state index contributed by atoms with van der Waals surface area (Å²) in [6.07, 6.45) is 1.31. The van der Waals surface area contributed by atoms with E-state index in [1.807, 2.05) is 0 Å². The van der Waals surface area contributed by atoms with Crippen molar-refractivity contribution in [2.24, 2.45) is 0 Å². The molecule has 2 aromatic rings. The Morgan fingerprint density at radius 2 is 2.21 bits per heavy atom. The summed E-state index contributed by atoms with van der Waals surface area (Å²) in [7, 11) is 0. The number of carboxylic acid groups (broad SMARTS) is 1. The van der Waals surface area contributed by atoms with Crippen LogP contribution in [-0.2, 0) is 6.54 Å². The van der Waals surface area contributed by atoms with Crippen LogP contribution in [0.2, 0.25) is 0 Å². The lowest BCUT2D eigenvalue weighted by molar-refractivity contribution is -0.387. The Hall–Kier alpha value is -2.77. The summed E-state index contributed by atoms with van der Waals surface area (Å²) in [6.45, 7) is 0.0174. The molecule has 0 radical (unpaired) electrons. The van der Waals surface area contributed by atoms with E-state index in [9.17, 15) is 19.3 Å². The Labute approximate surface area is 106 Å². The predicted octanol–water partition coefficient (Wildman–Crippen LogP) is 1.68. The number of hydrogen-bond acceptors (Lipinski definition) is 4. The molecule has 0 atom stereocenters. The minimum atomic E-state index is -1.15. The molecule has 19 heavy (non-hydrogen) atoms. The number of carboxylic acids is 1. The fraction of sp³-hybridized carbons (Fsp3) is 0.0909. The van der Waals surface area contributed by atoms with Crippen molar-refractivity contribution in [3.05, 3.63) is 57.7 Å². The third kappa shape index (κ3) is 2.57. The van der Waals surface area contributed by atoms with Gasteiger partial charge in [0.15, 0.2) is 0 Å². The van der Waals surface area contributed by atoms with Crippen molar-refractivity contribution >= 4 is 11.7 Å². The van der Waals surface area contributed by atoms with E-state index in [0.29, 0.717) is 5.56 Å². The number of benzene rings is 1. The van der Waals surface area contributed by atoms with Gasteiger partial charge in [-0.3, -0.25) is 14.8 Å². The minimum absolute atomic E-state index is 0.0174. The number of nitro groups is 1. The summed E-state index contributed by atoms with van der Waals surface area (Å²) in [6, 6.07) is 4.69. The van der Waals surface area contributed by atoms with Gasteiger partial charge in [-0.2, -0.15) is 9.49 Å². The standard InChI is InChI=1S/C11H8FN3O4/c12-8-5-7(1-2-9(8)15(18)19)6-14-10(11(16)17)3-4-13-14/h1-5H,6H2,(H,16,17). The van der Waals surface area contributed by atoms with E-state index < -0.39 is 22.4 Å². The van der Waals surface area contributed by atoms with E-state index in [0.717, 1.165) is 12.1 Å². The Morgan fingerprint density at radius 1 is 1.47 bits per heavy atom. The molecular weight excluding hydrogens is 257 g/mol. The highest BCUT2D eigenvalue weighted by Gasteiger charge is 2.15. The zero-order valence-electron chi connectivity index (χ0n) is 9.49. The minimum Gasteiger partial charge on any atom is -0.477 e. The van der Waals surface area contributed by atoms with E-state index in [1.165, 1.54) is 23.0 Å². The summed E-state index contributed by atoms with van der Waals surface area (Å²) in [4.78, 5) is 20.5. The lowest BCUT2D eigenvalue weighted by atomic mass is 10.2. The van der Waals surface area contributed by atoms with Crippen LogP contribution in [-0.4, -0.2) is 25.8 Å². The van der Waals surface area contributed by atoms with Crippen LogP contribution in [0.1, 0.15) is 16.1 Å². The summed E-state index contributed by atoms with van der Waals surface area (Å²) in [5.41, 5.74) is -0.282. The molecule has 2 rings (SSSR count). The van der Waals surface area contributed by atoms with Gasteiger partial charge < -0.3 is 5.11 Å². The monoisotopic (exact) mass is 265 g/mol. The Balaban J connectivity index is 2.29. The highest BCUT2D eigenvalue weighted by atomic mass is 19.1. The average molecular weight is 265 g/mol. The van der Waals surface area contributed by atoms with Gasteiger partial charge in [0.1, 0.15) is 5.69 Å². The van der Waals surface area contributed by atoms with Gasteiger partial charge in [0, 0.05) is 12.3 Å². The van der Waals surface area contributed by atoms with E-state index in [-0.39, 0.29) is 12.2 Å². The van der Waals surface area contributed by atoms with Crippen molar-refractivity contribution in [2.75, 3.05) is 0 Å². The van der Waals surface area contributed by atoms with Gasteiger partial charge in [-0.1, -0.05) is 6.07 Å². The number of halogens is 1. The Kier molecular flexibility index (Phi) is 3.23. The number of nitro benzene ring substituents is 1. The number of carbonyl (C=O) groups is 1. The van der Waals surface area contributed by atoms with Crippen LogP contribution < -0.4 is 0 Å². The number of rotatable bonds is 4. The first-order chi connectivity index (χ1) is 8.99. The van der Waals surface area contributed by atoms with Crippen molar-refractivity contribution in [3.8, 4) is 0 Å². The second-order valence-electron chi connectivity index (χ2n) is 3.72. The second kappa shape index (κ2) is 4.84. The zero-order chi connectivity index (χ0) is 14.0. The van der Waals surface area contributed by atoms with E-state index in [4.69, 9.17) is 5.11 Å². The average Bonchev–Trinajstić information content (AvgIpc) is 2.76. The maximum absolute atomic E-state index is 13.4. The molecule has 0 aliphatic heterocycles. The van der Waals surface area contributed by atoms with Gasteiger partial charge in [0.2, 0.25) is 5.82 Å². The molecule has 0 aliphatic rings. The number of hydrogen-bond donors (Lipinski definition) is 1. The van der Waals surface area contributed by atoms with E-state index >= 15 is 0 Å². The highest BCUT2D eigenvalue weighted by Crippen LogP contribution is 2.18. The highest BCUT2D eigenvalue weighted by molar-refractivity contribution is 5.85. The van der Waals surface area contributed by atoms with E-state index in [1.54, 1.807) is 0 Å². The van der Waals surface area contributed by atoms with Crippen molar-refractivity contribution in [3.63, 3.8) is 0 Å². The maximum Gasteiger partial charge on any atom is 0.354 e. The van der Waals surface area contributed by atoms with Crippen molar-refractivity contribution < 1.29 is 19.2 Å². The van der Waals surface area contributed by atoms with Crippen molar-refractivity contribution in [1.29, 1.82) is 0 Å². The second-order valence-corrected chi connectivity index (χ2v) is 3.72. The lowest BCUT2D eigenvalue weighted by Gasteiger charge is -2.05. The largest absolute Gasteiger partial charge is 0.477 e. The van der Waals surface area contributed by atoms with Gasteiger partial charge >= 0.3 is 11.7 Å². The van der Waals surface area contributed by atoms with Crippen LogP contribution >= 0.6 is 0 Å². The van der Waals surface area contributed by atoms with Crippen LogP contribution in [0.5, 0.6) is 0 Å². The van der Waals surface area contributed by atoms with Crippen LogP contribution in [0, 0.1) is 15.9 Å². The zero-order valence-corrected chi connectivity index (χ0v) is 9.49. The van der Waals surface area contributed by atoms with Crippen LogP contribution in [0.3, 0.4) is 0 Å². The Morgan fingerprint density at radius 3 is 2.79 bits per heavy atom. The number of aromatic carboxylic acids is 1. The summed E-state index contributed by atoms with van der Waals surface area (Å²) in [5.74, 6) is -2.12. The molecule has 0 unspecified atom stereocenters. The normalized spacial score (nSPS) is 10.4. The third-order valence-electron chi connectivity index (χ3n) is 2.48. The lowest BCUT2D eigenvalue weighted by Crippen LogP contribution is -2.11. The molecule has 0 bridgehead atoms. The smallest absolute Gasteiger partial charge is 0.354 e. The molecule has 0 saturated heterocycles. The first kappa shape index (κ1) is 12.7. The molecule has 7 nitrogen and oxygen atoms in total. The molecule has 1 aromatic heterocycles. The van der Waals surface area contributed by atoms with Crippen LogP contribution in [0.25, 0.3) is 0 Å². The SMILES string of the molecule is O=C(O)c1ccnn1Cc1ccc([N+](=O)[O-])c(F)c1. The van der Waals surface area contributed by atoms with Gasteiger partial charge in [-0.25, -0.2) is 4.79 Å². The molecule has 0 amide bonds. The third-order valence-corrected chi connectivity index (χ3v) is 2.48. The summed E-state index contributed by atoms with van der Waals surface area (Å²) < 4.78 is 14.6. The fourth-order valence-electron chi connectivity index (χ4n) is 1.61. The molecule has 98 valence electrons. The molecule has 1 heterocycles. The molecular formula is C11H8FN3O4. The first-order valence-corrected chi connectivity index (χ1v) is 5.17.